The highest BCUT2D eigenvalue weighted by atomic mass is 127. The van der Waals surface area contributed by atoms with Gasteiger partial charge in [-0.25, -0.2) is 9.07 Å². The van der Waals surface area contributed by atoms with Gasteiger partial charge in [-0.2, -0.15) is 5.10 Å². The van der Waals surface area contributed by atoms with Gasteiger partial charge in [-0.05, 0) is 55.3 Å². The maximum absolute atomic E-state index is 13.1. The molecular formula is C24H31FIN7. The van der Waals surface area contributed by atoms with Crippen LogP contribution in [0.1, 0.15) is 24.2 Å². The number of hydrogen-bond acceptors (Lipinski definition) is 4. The van der Waals surface area contributed by atoms with Crippen LogP contribution in [0.4, 0.5) is 4.39 Å². The number of aromatic nitrogens is 3. The number of aliphatic imine (C=N–C) groups is 1. The number of nitrogens with one attached hydrogen (secondary N) is 2. The van der Waals surface area contributed by atoms with Crippen LogP contribution in [0.5, 0.6) is 0 Å². The van der Waals surface area contributed by atoms with Gasteiger partial charge in [0, 0.05) is 58.1 Å². The lowest BCUT2D eigenvalue weighted by Crippen LogP contribution is -2.48. The molecule has 0 bridgehead atoms. The molecule has 0 saturated carbocycles. The van der Waals surface area contributed by atoms with Crippen molar-refractivity contribution in [3.05, 3.63) is 78.1 Å². The topological polar surface area (TPSA) is 70.4 Å². The molecule has 1 saturated heterocycles. The molecule has 0 unspecified atom stereocenters. The summed E-state index contributed by atoms with van der Waals surface area (Å²) >= 11 is 0. The van der Waals surface area contributed by atoms with Gasteiger partial charge in [0.05, 0.1) is 17.1 Å². The molecule has 1 aliphatic rings. The van der Waals surface area contributed by atoms with E-state index in [0.717, 1.165) is 68.5 Å². The molecule has 0 radical (unpaired) electrons. The predicted octanol–water partition coefficient (Wildman–Crippen LogP) is 3.40. The number of halogens is 2. The zero-order valence-electron chi connectivity index (χ0n) is 18.8. The molecule has 3 aromatic rings. The highest BCUT2D eigenvalue weighted by molar-refractivity contribution is 14.0. The molecule has 1 fully saturated rings. The molecule has 2 N–H and O–H groups in total. The van der Waals surface area contributed by atoms with E-state index in [1.165, 1.54) is 12.1 Å². The SMILES string of the molecule is CN=C(NCCc1ccn(-c2ccc(F)cc2)n1)NC1CCN(Cc2ccccn2)CC1.I. The van der Waals surface area contributed by atoms with Gasteiger partial charge >= 0.3 is 0 Å². The summed E-state index contributed by atoms with van der Waals surface area (Å²) in [5.74, 6) is 0.578. The number of hydrogen-bond donors (Lipinski definition) is 2. The van der Waals surface area contributed by atoms with Crippen LogP contribution < -0.4 is 10.6 Å². The van der Waals surface area contributed by atoms with Crippen molar-refractivity contribution in [2.75, 3.05) is 26.7 Å². The Balaban J connectivity index is 0.00000306. The van der Waals surface area contributed by atoms with Crippen molar-refractivity contribution >= 4 is 29.9 Å². The third-order valence-electron chi connectivity index (χ3n) is 5.67. The number of rotatable bonds is 7. The average molecular weight is 563 g/mol. The van der Waals surface area contributed by atoms with Gasteiger partial charge in [0.1, 0.15) is 5.82 Å². The summed E-state index contributed by atoms with van der Waals surface area (Å²) in [6.07, 6.45) is 6.68. The minimum absolute atomic E-state index is 0. The van der Waals surface area contributed by atoms with E-state index in [2.05, 4.69) is 36.7 Å². The van der Waals surface area contributed by atoms with Crippen molar-refractivity contribution in [2.45, 2.75) is 31.8 Å². The first-order chi connectivity index (χ1) is 15.7. The van der Waals surface area contributed by atoms with E-state index in [9.17, 15) is 4.39 Å². The molecule has 9 heteroatoms. The molecule has 1 aromatic carbocycles. The van der Waals surface area contributed by atoms with Crippen molar-refractivity contribution in [1.82, 2.24) is 30.3 Å². The summed E-state index contributed by atoms with van der Waals surface area (Å²) in [6, 6.07) is 14.8. The molecule has 0 amide bonds. The van der Waals surface area contributed by atoms with Crippen molar-refractivity contribution in [3.8, 4) is 5.69 Å². The Kier molecular flexibility index (Phi) is 9.61. The number of pyridine rings is 1. The first-order valence-corrected chi connectivity index (χ1v) is 11.1. The fourth-order valence-electron chi connectivity index (χ4n) is 3.89. The number of guanidine groups is 1. The Morgan fingerprint density at radius 3 is 2.58 bits per heavy atom. The predicted molar refractivity (Wildman–Crippen MR) is 140 cm³/mol. The third-order valence-corrected chi connectivity index (χ3v) is 5.67. The normalized spacial score (nSPS) is 15.2. The minimum Gasteiger partial charge on any atom is -0.356 e. The molecule has 1 aliphatic heterocycles. The van der Waals surface area contributed by atoms with Crippen LogP contribution >= 0.6 is 24.0 Å². The summed E-state index contributed by atoms with van der Waals surface area (Å²) in [5, 5.41) is 11.5. The fourth-order valence-corrected chi connectivity index (χ4v) is 3.89. The highest BCUT2D eigenvalue weighted by Gasteiger charge is 2.20. The van der Waals surface area contributed by atoms with E-state index >= 15 is 0 Å². The lowest BCUT2D eigenvalue weighted by Gasteiger charge is -2.32. The van der Waals surface area contributed by atoms with Gasteiger partial charge in [-0.15, -0.1) is 24.0 Å². The van der Waals surface area contributed by atoms with Gasteiger partial charge in [-0.3, -0.25) is 14.9 Å². The van der Waals surface area contributed by atoms with Crippen molar-refractivity contribution in [3.63, 3.8) is 0 Å². The Labute approximate surface area is 211 Å². The van der Waals surface area contributed by atoms with E-state index in [0.29, 0.717) is 6.04 Å². The maximum atomic E-state index is 13.1. The quantitative estimate of drug-likeness (QED) is 0.262. The summed E-state index contributed by atoms with van der Waals surface area (Å²) in [5.41, 5.74) is 2.94. The van der Waals surface area contributed by atoms with Crippen molar-refractivity contribution in [2.24, 2.45) is 4.99 Å². The van der Waals surface area contributed by atoms with Gasteiger partial charge in [-0.1, -0.05) is 6.07 Å². The molecule has 0 atom stereocenters. The zero-order chi connectivity index (χ0) is 22.2. The number of benzene rings is 1. The summed E-state index contributed by atoms with van der Waals surface area (Å²) < 4.78 is 14.9. The summed E-state index contributed by atoms with van der Waals surface area (Å²) in [4.78, 5) is 11.2. The van der Waals surface area contributed by atoms with E-state index in [1.807, 2.05) is 30.6 Å². The van der Waals surface area contributed by atoms with Crippen LogP contribution in [0.15, 0.2) is 65.9 Å². The largest absolute Gasteiger partial charge is 0.356 e. The second-order valence-corrected chi connectivity index (χ2v) is 7.99. The fraction of sp³-hybridized carbons (Fsp3) is 0.375. The van der Waals surface area contributed by atoms with Crippen LogP contribution in [0.2, 0.25) is 0 Å². The molecule has 2 aromatic heterocycles. The Morgan fingerprint density at radius 1 is 1.09 bits per heavy atom. The highest BCUT2D eigenvalue weighted by Crippen LogP contribution is 2.13. The Bertz CT molecular complexity index is 999. The van der Waals surface area contributed by atoms with Crippen LogP contribution in [0, 0.1) is 5.82 Å². The Hall–Kier alpha value is -2.53. The van der Waals surface area contributed by atoms with Crippen molar-refractivity contribution in [1.29, 1.82) is 0 Å². The van der Waals surface area contributed by atoms with E-state index in [1.54, 1.807) is 23.9 Å². The van der Waals surface area contributed by atoms with E-state index in [4.69, 9.17) is 0 Å². The van der Waals surface area contributed by atoms with Gasteiger partial charge in [0.2, 0.25) is 0 Å². The maximum Gasteiger partial charge on any atom is 0.191 e. The van der Waals surface area contributed by atoms with Crippen LogP contribution in [-0.4, -0.2) is 58.3 Å². The minimum atomic E-state index is -0.247. The lowest BCUT2D eigenvalue weighted by molar-refractivity contribution is 0.196. The molecule has 0 spiro atoms. The van der Waals surface area contributed by atoms with Gasteiger partial charge < -0.3 is 10.6 Å². The summed E-state index contributed by atoms with van der Waals surface area (Å²) in [6.45, 7) is 3.74. The lowest BCUT2D eigenvalue weighted by atomic mass is 10.0. The molecule has 3 heterocycles. The van der Waals surface area contributed by atoms with Gasteiger partial charge in [0.15, 0.2) is 5.96 Å². The molecule has 176 valence electrons. The summed E-state index contributed by atoms with van der Waals surface area (Å²) in [7, 11) is 1.80. The van der Waals surface area contributed by atoms with Crippen molar-refractivity contribution < 1.29 is 4.39 Å². The molecular weight excluding hydrogens is 532 g/mol. The monoisotopic (exact) mass is 563 g/mol. The first-order valence-electron chi connectivity index (χ1n) is 11.1. The third kappa shape index (κ3) is 7.50. The van der Waals surface area contributed by atoms with Crippen LogP contribution in [0.25, 0.3) is 5.69 Å². The zero-order valence-corrected chi connectivity index (χ0v) is 21.2. The van der Waals surface area contributed by atoms with Crippen LogP contribution in [0.3, 0.4) is 0 Å². The second kappa shape index (κ2) is 12.6. The van der Waals surface area contributed by atoms with Crippen LogP contribution in [-0.2, 0) is 13.0 Å². The van der Waals surface area contributed by atoms with E-state index in [-0.39, 0.29) is 29.8 Å². The average Bonchev–Trinajstić information content (AvgIpc) is 3.29. The van der Waals surface area contributed by atoms with Gasteiger partial charge in [0.25, 0.3) is 0 Å². The second-order valence-electron chi connectivity index (χ2n) is 7.99. The van der Waals surface area contributed by atoms with E-state index < -0.39 is 0 Å². The number of nitrogens with zero attached hydrogens (tertiary/aromatic N) is 5. The Morgan fingerprint density at radius 2 is 1.88 bits per heavy atom. The standard InChI is InChI=1S/C24H30FN7.HI/c1-26-24(29-20-10-15-31(16-11-20)18-22-4-2-3-13-27-22)28-14-9-21-12-17-32(30-21)23-7-5-19(25)6-8-23;/h2-8,12-13,17,20H,9-11,14-16,18H2,1H3,(H2,26,28,29);1H. The first kappa shape index (κ1) is 25.1. The molecule has 7 nitrogen and oxygen atoms in total. The molecule has 4 rings (SSSR count). The molecule has 0 aliphatic carbocycles. The number of likely N-dealkylation sites (tertiary alicyclic amines) is 1. The number of piperidine rings is 1. The smallest absolute Gasteiger partial charge is 0.191 e. The molecule has 33 heavy (non-hydrogen) atoms.